The molecule has 5 nitrogen and oxygen atoms in total. The molecule has 0 aliphatic rings. The molecular formula is C22H28N2O3. The van der Waals surface area contributed by atoms with Gasteiger partial charge in [0, 0.05) is 13.1 Å². The fourth-order valence-electron chi connectivity index (χ4n) is 3.01. The highest BCUT2D eigenvalue weighted by Gasteiger charge is 2.28. The fraction of sp³-hybridized carbons (Fsp3) is 0.364. The summed E-state index contributed by atoms with van der Waals surface area (Å²) >= 11 is 0. The highest BCUT2D eigenvalue weighted by Crippen LogP contribution is 2.17. The Balaban J connectivity index is 2.25. The van der Waals surface area contributed by atoms with Gasteiger partial charge in [-0.3, -0.25) is 9.59 Å². The minimum absolute atomic E-state index is 0.0601. The van der Waals surface area contributed by atoms with E-state index in [4.69, 9.17) is 4.74 Å². The van der Waals surface area contributed by atoms with E-state index in [0.717, 1.165) is 16.9 Å². The number of nitrogens with zero attached hydrogens (tertiary/aromatic N) is 1. The Labute approximate surface area is 161 Å². The van der Waals surface area contributed by atoms with Crippen molar-refractivity contribution in [3.05, 3.63) is 65.7 Å². The average Bonchev–Trinajstić information content (AvgIpc) is 2.69. The molecule has 0 heterocycles. The molecule has 2 aromatic rings. The molecule has 0 saturated heterocycles. The lowest BCUT2D eigenvalue weighted by atomic mass is 10.1. The van der Waals surface area contributed by atoms with Crippen molar-refractivity contribution in [3.8, 4) is 5.75 Å². The van der Waals surface area contributed by atoms with Gasteiger partial charge in [-0.15, -0.1) is 0 Å². The summed E-state index contributed by atoms with van der Waals surface area (Å²) in [4.78, 5) is 27.3. The van der Waals surface area contributed by atoms with Crippen molar-refractivity contribution in [1.29, 1.82) is 0 Å². The molecule has 0 saturated carbocycles. The average molecular weight is 368 g/mol. The summed E-state index contributed by atoms with van der Waals surface area (Å²) in [7, 11) is 1.62. The molecule has 0 aliphatic heterocycles. The molecule has 0 fully saturated rings. The van der Waals surface area contributed by atoms with Gasteiger partial charge in [0.2, 0.25) is 11.8 Å². The first-order chi connectivity index (χ1) is 13.1. The largest absolute Gasteiger partial charge is 0.497 e. The maximum Gasteiger partial charge on any atom is 0.242 e. The van der Waals surface area contributed by atoms with Crippen molar-refractivity contribution in [3.63, 3.8) is 0 Å². The van der Waals surface area contributed by atoms with Crippen LogP contribution in [0.3, 0.4) is 0 Å². The van der Waals surface area contributed by atoms with Crippen LogP contribution in [0.4, 0.5) is 0 Å². The number of likely N-dealkylation sites (N-methyl/N-ethyl adjacent to an activating group) is 1. The third-order valence-electron chi connectivity index (χ3n) is 4.45. The molecule has 2 amide bonds. The molecule has 27 heavy (non-hydrogen) atoms. The molecule has 0 bridgehead atoms. The lowest BCUT2D eigenvalue weighted by Gasteiger charge is -2.30. The van der Waals surface area contributed by atoms with E-state index in [9.17, 15) is 9.59 Å². The third kappa shape index (κ3) is 5.84. The normalized spacial score (nSPS) is 11.5. The van der Waals surface area contributed by atoms with E-state index in [1.54, 1.807) is 12.0 Å². The first-order valence-corrected chi connectivity index (χ1v) is 9.33. The second kappa shape index (κ2) is 10.4. The second-order valence-electron chi connectivity index (χ2n) is 6.35. The van der Waals surface area contributed by atoms with E-state index in [0.29, 0.717) is 19.5 Å². The van der Waals surface area contributed by atoms with Gasteiger partial charge in [0.25, 0.3) is 0 Å². The van der Waals surface area contributed by atoms with Gasteiger partial charge in [0.05, 0.1) is 13.5 Å². The first-order valence-electron chi connectivity index (χ1n) is 9.33. The van der Waals surface area contributed by atoms with Gasteiger partial charge in [-0.2, -0.15) is 0 Å². The van der Waals surface area contributed by atoms with Crippen molar-refractivity contribution in [1.82, 2.24) is 10.2 Å². The van der Waals surface area contributed by atoms with Gasteiger partial charge in [0.1, 0.15) is 11.8 Å². The zero-order valence-corrected chi connectivity index (χ0v) is 16.3. The number of carbonyl (C=O) groups is 2. The van der Waals surface area contributed by atoms with Crippen LogP contribution in [-0.2, 0) is 22.6 Å². The Morgan fingerprint density at radius 1 is 1.00 bits per heavy atom. The minimum Gasteiger partial charge on any atom is -0.497 e. The summed E-state index contributed by atoms with van der Waals surface area (Å²) in [5, 5.41) is 2.85. The minimum atomic E-state index is -0.497. The Kier molecular flexibility index (Phi) is 7.86. The molecular weight excluding hydrogens is 340 g/mol. The maximum absolute atomic E-state index is 13.1. The van der Waals surface area contributed by atoms with E-state index in [1.807, 2.05) is 68.4 Å². The number of nitrogens with one attached hydrogen (secondary N) is 1. The van der Waals surface area contributed by atoms with Crippen molar-refractivity contribution in [2.24, 2.45) is 0 Å². The van der Waals surface area contributed by atoms with Crippen LogP contribution in [0.2, 0.25) is 0 Å². The van der Waals surface area contributed by atoms with Crippen molar-refractivity contribution in [2.45, 2.75) is 39.3 Å². The molecule has 5 heteroatoms. The molecule has 0 radical (unpaired) electrons. The number of hydrogen-bond acceptors (Lipinski definition) is 3. The van der Waals surface area contributed by atoms with E-state index in [2.05, 4.69) is 5.32 Å². The zero-order valence-electron chi connectivity index (χ0n) is 16.3. The van der Waals surface area contributed by atoms with Crippen molar-refractivity contribution < 1.29 is 14.3 Å². The standard InChI is InChI=1S/C22H28N2O3/c1-4-20(22(26)23-5-2)24(16-18-11-13-19(27-3)14-12-18)21(25)15-17-9-7-6-8-10-17/h6-14,20H,4-5,15-16H2,1-3H3,(H,23,26). The smallest absolute Gasteiger partial charge is 0.242 e. The third-order valence-corrected chi connectivity index (χ3v) is 4.45. The SMILES string of the molecule is CCNC(=O)C(CC)N(Cc1ccc(OC)cc1)C(=O)Cc1ccccc1. The Morgan fingerprint density at radius 2 is 1.67 bits per heavy atom. The van der Waals surface area contributed by atoms with Crippen LogP contribution in [0.15, 0.2) is 54.6 Å². The molecule has 1 atom stereocenters. The predicted octanol–water partition coefficient (Wildman–Crippen LogP) is 3.18. The summed E-state index contributed by atoms with van der Waals surface area (Å²) in [6.45, 7) is 4.73. The highest BCUT2D eigenvalue weighted by molar-refractivity contribution is 5.88. The van der Waals surface area contributed by atoms with Crippen LogP contribution in [0, 0.1) is 0 Å². The first kappa shape index (κ1) is 20.5. The number of benzene rings is 2. The number of carbonyl (C=O) groups excluding carboxylic acids is 2. The fourth-order valence-corrected chi connectivity index (χ4v) is 3.01. The van der Waals surface area contributed by atoms with E-state index < -0.39 is 6.04 Å². The van der Waals surface area contributed by atoms with Crippen LogP contribution in [0.1, 0.15) is 31.4 Å². The van der Waals surface area contributed by atoms with Gasteiger partial charge in [-0.05, 0) is 36.6 Å². The van der Waals surface area contributed by atoms with Gasteiger partial charge in [-0.25, -0.2) is 0 Å². The van der Waals surface area contributed by atoms with Crippen LogP contribution in [0.25, 0.3) is 0 Å². The van der Waals surface area contributed by atoms with E-state index >= 15 is 0 Å². The Morgan fingerprint density at radius 3 is 2.22 bits per heavy atom. The molecule has 1 unspecified atom stereocenters. The summed E-state index contributed by atoms with van der Waals surface area (Å²) in [5.41, 5.74) is 1.90. The number of rotatable bonds is 9. The second-order valence-corrected chi connectivity index (χ2v) is 6.35. The predicted molar refractivity (Wildman–Crippen MR) is 106 cm³/mol. The molecule has 2 aromatic carbocycles. The lowest BCUT2D eigenvalue weighted by Crippen LogP contribution is -2.49. The topological polar surface area (TPSA) is 58.6 Å². The zero-order chi connectivity index (χ0) is 19.6. The van der Waals surface area contributed by atoms with Gasteiger partial charge in [0.15, 0.2) is 0 Å². The van der Waals surface area contributed by atoms with Gasteiger partial charge < -0.3 is 15.0 Å². The molecule has 0 aromatic heterocycles. The number of amides is 2. The molecule has 0 aliphatic carbocycles. The maximum atomic E-state index is 13.1. The molecule has 0 spiro atoms. The summed E-state index contributed by atoms with van der Waals surface area (Å²) < 4.78 is 5.19. The molecule has 1 N–H and O–H groups in total. The van der Waals surface area contributed by atoms with Gasteiger partial charge >= 0.3 is 0 Å². The van der Waals surface area contributed by atoms with E-state index in [1.165, 1.54) is 0 Å². The number of methoxy groups -OCH3 is 1. The van der Waals surface area contributed by atoms with Crippen LogP contribution >= 0.6 is 0 Å². The van der Waals surface area contributed by atoms with E-state index in [-0.39, 0.29) is 18.2 Å². The Bertz CT molecular complexity index is 729. The molecule has 2 rings (SSSR count). The number of hydrogen-bond donors (Lipinski definition) is 1. The lowest BCUT2D eigenvalue weighted by molar-refractivity contribution is -0.140. The summed E-state index contributed by atoms with van der Waals surface area (Å²) in [6.07, 6.45) is 0.829. The van der Waals surface area contributed by atoms with Crippen LogP contribution < -0.4 is 10.1 Å². The highest BCUT2D eigenvalue weighted by atomic mass is 16.5. The molecule has 144 valence electrons. The van der Waals surface area contributed by atoms with Gasteiger partial charge in [-0.1, -0.05) is 49.4 Å². The quantitative estimate of drug-likeness (QED) is 0.740. The Hall–Kier alpha value is -2.82. The summed E-state index contributed by atoms with van der Waals surface area (Å²) in [6, 6.07) is 16.7. The van der Waals surface area contributed by atoms with Crippen molar-refractivity contribution in [2.75, 3.05) is 13.7 Å². The van der Waals surface area contributed by atoms with Crippen LogP contribution in [-0.4, -0.2) is 36.4 Å². The summed E-state index contributed by atoms with van der Waals surface area (Å²) in [5.74, 6) is 0.585. The monoisotopic (exact) mass is 368 g/mol. The van der Waals surface area contributed by atoms with Crippen molar-refractivity contribution >= 4 is 11.8 Å². The van der Waals surface area contributed by atoms with Crippen LogP contribution in [0.5, 0.6) is 5.75 Å². The number of ether oxygens (including phenoxy) is 1.